The molecule has 0 radical (unpaired) electrons. The van der Waals surface area contributed by atoms with Crippen molar-refractivity contribution in [2.45, 2.75) is 26.4 Å². The Morgan fingerprint density at radius 3 is 2.40 bits per heavy atom. The number of carbonyl (C=O) groups is 1. The Hall–Kier alpha value is -2.16. The van der Waals surface area contributed by atoms with Crippen LogP contribution in [0.25, 0.3) is 11.1 Å². The Morgan fingerprint density at radius 1 is 1.10 bits per heavy atom. The summed E-state index contributed by atoms with van der Waals surface area (Å²) in [6.45, 7) is 3.70. The first-order valence-corrected chi connectivity index (χ1v) is 6.59. The maximum Gasteiger partial charge on any atom is 0.197 e. The Labute approximate surface area is 116 Å². The van der Waals surface area contributed by atoms with Crippen LogP contribution < -0.4 is 0 Å². The number of aromatic hydroxyl groups is 1. The zero-order valence-corrected chi connectivity index (χ0v) is 11.4. The molecule has 2 aromatic carbocycles. The van der Waals surface area contributed by atoms with Gasteiger partial charge in [-0.1, -0.05) is 18.2 Å². The Morgan fingerprint density at radius 2 is 1.75 bits per heavy atom. The zero-order valence-electron chi connectivity index (χ0n) is 11.4. The van der Waals surface area contributed by atoms with E-state index in [1.165, 1.54) is 0 Å². The predicted octanol–water partition coefficient (Wildman–Crippen LogP) is 3.75. The molecule has 0 aliphatic heterocycles. The average molecular weight is 270 g/mol. The molecule has 0 heterocycles. The van der Waals surface area contributed by atoms with E-state index in [0.717, 1.165) is 27.8 Å². The molecular weight excluding hydrogens is 255 g/mol. The molecule has 1 atom stereocenters. The van der Waals surface area contributed by atoms with Gasteiger partial charge in [-0.2, -0.15) is 0 Å². The number of benzene rings is 2. The molecule has 0 fully saturated rings. The Kier molecular flexibility index (Phi) is 2.85. The maximum atomic E-state index is 13.4. The molecule has 2 aromatic rings. The Balaban J connectivity index is 2.09. The minimum Gasteiger partial charge on any atom is -0.507 e. The topological polar surface area (TPSA) is 37.3 Å². The van der Waals surface area contributed by atoms with Crippen LogP contribution in [0.3, 0.4) is 0 Å². The van der Waals surface area contributed by atoms with Crippen molar-refractivity contribution in [3.05, 3.63) is 52.6 Å². The summed E-state index contributed by atoms with van der Waals surface area (Å²) in [4.78, 5) is 11.6. The minimum absolute atomic E-state index is 0.165. The summed E-state index contributed by atoms with van der Waals surface area (Å²) in [6, 6.07) is 9.20. The second-order valence-electron chi connectivity index (χ2n) is 5.37. The second kappa shape index (κ2) is 4.44. The highest BCUT2D eigenvalue weighted by atomic mass is 19.1. The lowest BCUT2D eigenvalue weighted by Gasteiger charge is -2.09. The van der Waals surface area contributed by atoms with Crippen molar-refractivity contribution in [2.75, 3.05) is 0 Å². The third-order valence-corrected chi connectivity index (χ3v) is 3.88. The van der Waals surface area contributed by atoms with Crippen LogP contribution in [0, 0.1) is 13.8 Å². The normalized spacial score (nSPS) is 17.4. The van der Waals surface area contributed by atoms with Crippen LogP contribution in [0.15, 0.2) is 30.3 Å². The lowest BCUT2D eigenvalue weighted by Crippen LogP contribution is -2.07. The molecule has 102 valence electrons. The fourth-order valence-corrected chi connectivity index (χ4v) is 2.76. The van der Waals surface area contributed by atoms with E-state index in [2.05, 4.69) is 0 Å². The van der Waals surface area contributed by atoms with Gasteiger partial charge in [-0.3, -0.25) is 4.79 Å². The van der Waals surface area contributed by atoms with Crippen molar-refractivity contribution in [1.82, 2.24) is 0 Å². The number of hydrogen-bond donors (Lipinski definition) is 1. The van der Waals surface area contributed by atoms with Gasteiger partial charge < -0.3 is 5.11 Å². The molecule has 1 aliphatic rings. The second-order valence-corrected chi connectivity index (χ2v) is 5.37. The lowest BCUT2D eigenvalue weighted by molar-refractivity contribution is 0.0899. The number of alkyl halides is 1. The van der Waals surface area contributed by atoms with E-state index in [9.17, 15) is 14.3 Å². The monoisotopic (exact) mass is 270 g/mol. The van der Waals surface area contributed by atoms with E-state index >= 15 is 0 Å². The SMILES string of the molecule is Cc1cc(-c2ccc3c(c2)CC(F)C3=O)cc(C)c1O. The molecule has 1 aliphatic carbocycles. The summed E-state index contributed by atoms with van der Waals surface area (Å²) in [5, 5.41) is 9.81. The van der Waals surface area contributed by atoms with Gasteiger partial charge in [-0.15, -0.1) is 0 Å². The number of fused-ring (bicyclic) bond motifs is 1. The summed E-state index contributed by atoms with van der Waals surface area (Å²) in [5.41, 5.74) is 4.78. The van der Waals surface area contributed by atoms with Gasteiger partial charge >= 0.3 is 0 Å². The number of phenols is 1. The number of rotatable bonds is 1. The molecule has 0 aromatic heterocycles. The highest BCUT2D eigenvalue weighted by molar-refractivity contribution is 6.04. The zero-order chi connectivity index (χ0) is 14.4. The van der Waals surface area contributed by atoms with Gasteiger partial charge in [0.25, 0.3) is 0 Å². The maximum absolute atomic E-state index is 13.4. The van der Waals surface area contributed by atoms with E-state index in [1.807, 2.05) is 38.1 Å². The van der Waals surface area contributed by atoms with Gasteiger partial charge in [0.15, 0.2) is 12.0 Å². The molecule has 20 heavy (non-hydrogen) atoms. The summed E-state index contributed by atoms with van der Waals surface area (Å²) >= 11 is 0. The van der Waals surface area contributed by atoms with Crippen LogP contribution in [-0.4, -0.2) is 17.1 Å². The van der Waals surface area contributed by atoms with Gasteiger partial charge in [0.05, 0.1) is 0 Å². The quantitative estimate of drug-likeness (QED) is 0.856. The van der Waals surface area contributed by atoms with E-state index in [0.29, 0.717) is 11.3 Å². The number of carbonyl (C=O) groups excluding carboxylic acids is 1. The molecule has 0 saturated heterocycles. The van der Waals surface area contributed by atoms with Crippen LogP contribution >= 0.6 is 0 Å². The Bertz CT molecular complexity index is 696. The number of ketones is 1. The molecule has 2 nitrogen and oxygen atoms in total. The fourth-order valence-electron chi connectivity index (χ4n) is 2.76. The lowest BCUT2D eigenvalue weighted by atomic mass is 9.97. The summed E-state index contributed by atoms with van der Waals surface area (Å²) in [6.07, 6.45) is -1.23. The number of hydrogen-bond acceptors (Lipinski definition) is 2. The van der Waals surface area contributed by atoms with Gasteiger partial charge in [0.2, 0.25) is 0 Å². The van der Waals surface area contributed by atoms with E-state index < -0.39 is 12.0 Å². The molecule has 3 rings (SSSR count). The van der Waals surface area contributed by atoms with Crippen molar-refractivity contribution in [3.8, 4) is 16.9 Å². The molecule has 0 amide bonds. The average Bonchev–Trinajstić information content (AvgIpc) is 2.70. The predicted molar refractivity (Wildman–Crippen MR) is 75.9 cm³/mol. The highest BCUT2D eigenvalue weighted by Crippen LogP contribution is 2.32. The fraction of sp³-hybridized carbons (Fsp3) is 0.235. The molecule has 1 unspecified atom stereocenters. The molecule has 0 saturated carbocycles. The van der Waals surface area contributed by atoms with E-state index in [1.54, 1.807) is 6.07 Å². The van der Waals surface area contributed by atoms with Gasteiger partial charge in [-0.05, 0) is 53.8 Å². The van der Waals surface area contributed by atoms with Crippen molar-refractivity contribution < 1.29 is 14.3 Å². The van der Waals surface area contributed by atoms with Crippen molar-refractivity contribution >= 4 is 5.78 Å². The molecule has 0 bridgehead atoms. The van der Waals surface area contributed by atoms with E-state index in [4.69, 9.17) is 0 Å². The number of Topliss-reactive ketones (excluding diaryl/α,β-unsaturated/α-hetero) is 1. The first-order chi connectivity index (χ1) is 9.47. The van der Waals surface area contributed by atoms with Crippen LogP contribution in [0.1, 0.15) is 27.0 Å². The largest absolute Gasteiger partial charge is 0.507 e. The van der Waals surface area contributed by atoms with Gasteiger partial charge in [0, 0.05) is 12.0 Å². The summed E-state index contributed by atoms with van der Waals surface area (Å²) < 4.78 is 13.4. The molecule has 0 spiro atoms. The van der Waals surface area contributed by atoms with Gasteiger partial charge in [0.1, 0.15) is 5.75 Å². The van der Waals surface area contributed by atoms with E-state index in [-0.39, 0.29) is 6.42 Å². The number of halogens is 1. The first-order valence-electron chi connectivity index (χ1n) is 6.59. The third-order valence-electron chi connectivity index (χ3n) is 3.88. The highest BCUT2D eigenvalue weighted by Gasteiger charge is 2.30. The third kappa shape index (κ3) is 1.90. The molecular formula is C17H15FO2. The first kappa shape index (κ1) is 12.9. The van der Waals surface area contributed by atoms with Crippen LogP contribution in [0.5, 0.6) is 5.75 Å². The standard InChI is InChI=1S/C17H15FO2/c1-9-5-12(6-10(2)16(9)19)11-3-4-14-13(7-11)8-15(18)17(14)20/h3-7,15,19H,8H2,1-2H3. The van der Waals surface area contributed by atoms with Crippen LogP contribution in [0.4, 0.5) is 4.39 Å². The van der Waals surface area contributed by atoms with Crippen molar-refractivity contribution in [2.24, 2.45) is 0 Å². The number of aryl methyl sites for hydroxylation is 2. The number of phenolic OH excluding ortho intramolecular Hbond substituents is 1. The molecule has 1 N–H and O–H groups in total. The van der Waals surface area contributed by atoms with Crippen LogP contribution in [-0.2, 0) is 6.42 Å². The van der Waals surface area contributed by atoms with Crippen LogP contribution in [0.2, 0.25) is 0 Å². The summed E-state index contributed by atoms with van der Waals surface area (Å²) in [7, 11) is 0. The van der Waals surface area contributed by atoms with Crippen molar-refractivity contribution in [1.29, 1.82) is 0 Å². The summed E-state index contributed by atoms with van der Waals surface area (Å²) in [5.74, 6) is -0.112. The minimum atomic E-state index is -1.40. The van der Waals surface area contributed by atoms with Crippen molar-refractivity contribution in [3.63, 3.8) is 0 Å². The smallest absolute Gasteiger partial charge is 0.197 e. The van der Waals surface area contributed by atoms with Gasteiger partial charge in [-0.25, -0.2) is 4.39 Å². The molecule has 3 heteroatoms.